The van der Waals surface area contributed by atoms with E-state index in [9.17, 15) is 15.3 Å². The molecule has 5 nitrogen and oxygen atoms in total. The topological polar surface area (TPSA) is 98.7 Å². The highest BCUT2D eigenvalue weighted by Crippen LogP contribution is 2.16. The fraction of sp³-hybridized carbons (Fsp3) is 0.714. The number of piperidine rings is 1. The van der Waals surface area contributed by atoms with Gasteiger partial charge in [0.1, 0.15) is 18.3 Å². The summed E-state index contributed by atoms with van der Waals surface area (Å²) in [4.78, 5) is 0. The molecule has 0 aliphatic carbocycles. The van der Waals surface area contributed by atoms with Crippen LogP contribution in [0.2, 0.25) is 0 Å². The molecule has 1 aliphatic rings. The molecule has 70 valence electrons. The van der Waals surface area contributed by atoms with Crippen LogP contribution in [0.15, 0.2) is 11.9 Å². The van der Waals surface area contributed by atoms with Crippen LogP contribution in [-0.4, -0.2) is 39.7 Å². The molecular weight excluding hydrogens is 160 g/mol. The minimum atomic E-state index is -1.17. The molecule has 0 saturated carbocycles. The van der Waals surface area contributed by atoms with Crippen molar-refractivity contribution in [2.45, 2.75) is 31.3 Å². The second-order valence-corrected chi connectivity index (χ2v) is 2.98. The van der Waals surface area contributed by atoms with Gasteiger partial charge in [-0.05, 0) is 6.92 Å². The minimum absolute atomic E-state index is 0.307. The fourth-order valence-electron chi connectivity index (χ4n) is 1.25. The maximum absolute atomic E-state index is 9.30. The zero-order valence-corrected chi connectivity index (χ0v) is 6.81. The van der Waals surface area contributed by atoms with Crippen molar-refractivity contribution in [1.29, 1.82) is 0 Å². The summed E-state index contributed by atoms with van der Waals surface area (Å²) in [6.07, 6.45) is -2.07. The summed E-state index contributed by atoms with van der Waals surface area (Å²) in [5.74, 6) is 0. The Labute approximate surface area is 70.5 Å². The summed E-state index contributed by atoms with van der Waals surface area (Å²) in [7, 11) is 0. The first-order valence-electron chi connectivity index (χ1n) is 3.80. The molecule has 5 heteroatoms. The fourth-order valence-corrected chi connectivity index (χ4v) is 1.25. The molecule has 6 N–H and O–H groups in total. The first-order valence-corrected chi connectivity index (χ1v) is 3.80. The van der Waals surface area contributed by atoms with Crippen molar-refractivity contribution in [3.8, 4) is 0 Å². The molecule has 0 unspecified atom stereocenters. The molecule has 1 saturated heterocycles. The lowest BCUT2D eigenvalue weighted by atomic mass is 9.95. The van der Waals surface area contributed by atoms with Gasteiger partial charge in [-0.25, -0.2) is 0 Å². The van der Waals surface area contributed by atoms with Gasteiger partial charge in [0.15, 0.2) is 0 Å². The lowest BCUT2D eigenvalue weighted by molar-refractivity contribution is -0.0758. The van der Waals surface area contributed by atoms with Crippen LogP contribution in [0.3, 0.4) is 0 Å². The summed E-state index contributed by atoms with van der Waals surface area (Å²) in [5.41, 5.74) is 5.53. The molecule has 1 rings (SSSR count). The molecule has 0 aromatic carbocycles. The molecule has 12 heavy (non-hydrogen) atoms. The number of hydrogen-bond acceptors (Lipinski definition) is 5. The zero-order valence-electron chi connectivity index (χ0n) is 6.81. The Kier molecular flexibility index (Phi) is 2.56. The highest BCUT2D eigenvalue weighted by atomic mass is 16.4. The van der Waals surface area contributed by atoms with Crippen LogP contribution in [0.25, 0.3) is 0 Å². The third-order valence-corrected chi connectivity index (χ3v) is 2.08. The van der Waals surface area contributed by atoms with Crippen LogP contribution < -0.4 is 11.1 Å². The van der Waals surface area contributed by atoms with E-state index in [2.05, 4.69) is 5.32 Å². The van der Waals surface area contributed by atoms with E-state index < -0.39 is 18.3 Å². The maximum atomic E-state index is 9.30. The van der Waals surface area contributed by atoms with E-state index in [-0.39, 0.29) is 6.04 Å². The molecule has 4 atom stereocenters. The largest absolute Gasteiger partial charge is 0.403 e. The lowest BCUT2D eigenvalue weighted by Crippen LogP contribution is -2.57. The molecule has 1 aliphatic heterocycles. The van der Waals surface area contributed by atoms with Crippen LogP contribution in [-0.2, 0) is 0 Å². The zero-order chi connectivity index (χ0) is 9.30. The van der Waals surface area contributed by atoms with E-state index >= 15 is 0 Å². The number of rotatable bonds is 0. The van der Waals surface area contributed by atoms with Gasteiger partial charge in [-0.1, -0.05) is 0 Å². The van der Waals surface area contributed by atoms with Crippen molar-refractivity contribution >= 4 is 0 Å². The molecule has 0 aromatic rings. The van der Waals surface area contributed by atoms with Crippen LogP contribution in [0, 0.1) is 0 Å². The van der Waals surface area contributed by atoms with Gasteiger partial charge < -0.3 is 26.4 Å². The molecule has 1 fully saturated rings. The SMILES string of the molecule is C[C@@H]1N/C(=C\N)[C@@H](O)[C@H](O)[C@@H]1O. The van der Waals surface area contributed by atoms with Gasteiger partial charge in [0.05, 0.1) is 11.7 Å². The predicted molar refractivity (Wildman–Crippen MR) is 42.9 cm³/mol. The van der Waals surface area contributed by atoms with Crippen LogP contribution in [0.4, 0.5) is 0 Å². The second-order valence-electron chi connectivity index (χ2n) is 2.98. The Balaban J connectivity index is 2.77. The Hall–Kier alpha value is -0.780. The number of hydrogen-bond donors (Lipinski definition) is 5. The van der Waals surface area contributed by atoms with Gasteiger partial charge in [-0.2, -0.15) is 0 Å². The summed E-state index contributed by atoms with van der Waals surface area (Å²) < 4.78 is 0. The van der Waals surface area contributed by atoms with Gasteiger partial charge in [-0.15, -0.1) is 0 Å². The minimum Gasteiger partial charge on any atom is -0.403 e. The molecule has 0 bridgehead atoms. The van der Waals surface area contributed by atoms with Crippen molar-refractivity contribution < 1.29 is 15.3 Å². The van der Waals surface area contributed by atoms with Gasteiger partial charge in [0.25, 0.3) is 0 Å². The third kappa shape index (κ3) is 1.38. The summed E-state index contributed by atoms with van der Waals surface area (Å²) in [5, 5.41) is 30.6. The quantitative estimate of drug-likeness (QED) is 0.289. The summed E-state index contributed by atoms with van der Waals surface area (Å²) >= 11 is 0. The first-order chi connectivity index (χ1) is 5.57. The lowest BCUT2D eigenvalue weighted by Gasteiger charge is -2.36. The Morgan fingerprint density at radius 2 is 1.92 bits per heavy atom. The normalized spacial score (nSPS) is 45.8. The molecule has 0 spiro atoms. The average molecular weight is 174 g/mol. The van der Waals surface area contributed by atoms with Crippen LogP contribution >= 0.6 is 0 Å². The Bertz CT molecular complexity index is 195. The highest BCUT2D eigenvalue weighted by Gasteiger charge is 2.36. The van der Waals surface area contributed by atoms with Crippen molar-refractivity contribution in [2.75, 3.05) is 0 Å². The Morgan fingerprint density at radius 3 is 2.42 bits per heavy atom. The van der Waals surface area contributed by atoms with E-state index in [0.29, 0.717) is 5.70 Å². The van der Waals surface area contributed by atoms with Crippen molar-refractivity contribution in [2.24, 2.45) is 5.73 Å². The van der Waals surface area contributed by atoms with Crippen LogP contribution in [0.5, 0.6) is 0 Å². The van der Waals surface area contributed by atoms with Crippen molar-refractivity contribution in [3.63, 3.8) is 0 Å². The standard InChI is InChI=1S/C7H14N2O3/c1-3-5(10)7(12)6(11)4(2-8)9-3/h2-3,5-7,9-12H,8H2,1H3/b4-2-/t3-,5+,6+,7+/m0/s1. The average Bonchev–Trinajstić information content (AvgIpc) is 2.08. The van der Waals surface area contributed by atoms with Crippen LogP contribution in [0.1, 0.15) is 6.92 Å². The molecular formula is C7H14N2O3. The molecule has 0 radical (unpaired) electrons. The van der Waals surface area contributed by atoms with E-state index in [1.807, 2.05) is 0 Å². The number of aliphatic hydroxyl groups excluding tert-OH is 3. The van der Waals surface area contributed by atoms with Gasteiger partial charge in [0.2, 0.25) is 0 Å². The van der Waals surface area contributed by atoms with Crippen molar-refractivity contribution in [3.05, 3.63) is 11.9 Å². The monoisotopic (exact) mass is 174 g/mol. The molecule has 1 heterocycles. The number of nitrogens with one attached hydrogen (secondary N) is 1. The Morgan fingerprint density at radius 1 is 1.33 bits per heavy atom. The maximum Gasteiger partial charge on any atom is 0.123 e. The molecule has 0 amide bonds. The summed E-state index contributed by atoms with van der Waals surface area (Å²) in [6, 6.07) is -0.307. The first kappa shape index (κ1) is 9.31. The van der Waals surface area contributed by atoms with E-state index in [0.717, 1.165) is 0 Å². The second kappa shape index (κ2) is 3.30. The number of nitrogens with two attached hydrogens (primary N) is 1. The van der Waals surface area contributed by atoms with Crippen molar-refractivity contribution in [1.82, 2.24) is 5.32 Å². The van der Waals surface area contributed by atoms with E-state index in [4.69, 9.17) is 5.73 Å². The third-order valence-electron chi connectivity index (χ3n) is 2.08. The van der Waals surface area contributed by atoms with E-state index in [1.165, 1.54) is 6.20 Å². The smallest absolute Gasteiger partial charge is 0.123 e. The predicted octanol–water partition coefficient (Wildman–Crippen LogP) is -2.14. The molecule has 0 aromatic heterocycles. The summed E-state index contributed by atoms with van der Waals surface area (Å²) in [6.45, 7) is 1.70. The number of aliphatic hydroxyl groups is 3. The van der Waals surface area contributed by atoms with Gasteiger partial charge in [0, 0.05) is 6.20 Å². The van der Waals surface area contributed by atoms with E-state index in [1.54, 1.807) is 6.92 Å². The van der Waals surface area contributed by atoms with Gasteiger partial charge in [-0.3, -0.25) is 0 Å². The van der Waals surface area contributed by atoms with Gasteiger partial charge >= 0.3 is 0 Å². The highest BCUT2D eigenvalue weighted by molar-refractivity contribution is 5.13.